The molecule has 0 fully saturated rings. The van der Waals surface area contributed by atoms with E-state index in [1.165, 1.54) is 0 Å². The van der Waals surface area contributed by atoms with E-state index in [-0.39, 0.29) is 29.0 Å². The highest BCUT2D eigenvalue weighted by Crippen LogP contribution is 2.36. The Bertz CT molecular complexity index is 1050. The number of aromatic carboxylic acids is 1. The molecule has 0 atom stereocenters. The van der Waals surface area contributed by atoms with Crippen LogP contribution in [0.3, 0.4) is 0 Å². The van der Waals surface area contributed by atoms with Gasteiger partial charge in [0.1, 0.15) is 0 Å². The van der Waals surface area contributed by atoms with Gasteiger partial charge in [0.15, 0.2) is 11.6 Å². The van der Waals surface area contributed by atoms with Gasteiger partial charge in [0.25, 0.3) is 0 Å². The number of carbonyl (C=O) groups is 3. The molecule has 0 heterocycles. The Morgan fingerprint density at radius 2 is 1.32 bits per heavy atom. The summed E-state index contributed by atoms with van der Waals surface area (Å²) in [5.74, 6) is -1.88. The molecule has 0 aliphatic heterocycles. The molecule has 28 heavy (non-hydrogen) atoms. The van der Waals surface area contributed by atoms with Crippen LogP contribution < -0.4 is 5.73 Å². The molecule has 0 aromatic heterocycles. The number of Topliss-reactive ketones (excluding diaryl/α,β-unsaturated/α-hetero) is 1. The highest BCUT2D eigenvalue weighted by atomic mass is 127. The van der Waals surface area contributed by atoms with Crippen LogP contribution in [-0.2, 0) is 0 Å². The monoisotopic (exact) mass is 1050 g/mol. The molecular weight excluding hydrogens is 1040 g/mol. The van der Waals surface area contributed by atoms with E-state index in [0.29, 0.717) is 16.3 Å². The van der Waals surface area contributed by atoms with Crippen molar-refractivity contribution in [1.29, 1.82) is 0 Å². The molecule has 5 nitrogen and oxygen atoms in total. The number of rotatable bonds is 5. The molecule has 0 bridgehead atoms. The lowest BCUT2D eigenvalue weighted by Gasteiger charge is -2.18. The fraction of sp³-hybridized carbons (Fsp3) is 0.118. The zero-order chi connectivity index (χ0) is 21.5. The van der Waals surface area contributed by atoms with E-state index in [0.717, 1.165) is 16.3 Å². The summed E-state index contributed by atoms with van der Waals surface area (Å²) in [6.45, 7) is 1.67. The molecule has 0 aliphatic rings. The number of hydrogen-bond donors (Lipinski definition) is 2. The Morgan fingerprint density at radius 3 is 1.82 bits per heavy atom. The van der Waals surface area contributed by atoms with Crippen LogP contribution in [0.25, 0.3) is 0 Å². The summed E-state index contributed by atoms with van der Waals surface area (Å²) in [5.41, 5.74) is 7.40. The molecule has 11 heteroatoms. The van der Waals surface area contributed by atoms with E-state index in [1.54, 1.807) is 0 Å². The van der Waals surface area contributed by atoms with Gasteiger partial charge in [-0.15, -0.1) is 0 Å². The molecular formula is C17H9I6NO4. The second-order valence-electron chi connectivity index (χ2n) is 5.48. The van der Waals surface area contributed by atoms with Crippen LogP contribution in [0.5, 0.6) is 0 Å². The van der Waals surface area contributed by atoms with Gasteiger partial charge in [-0.1, -0.05) is 0 Å². The van der Waals surface area contributed by atoms with Crippen LogP contribution in [0.4, 0.5) is 0 Å². The van der Waals surface area contributed by atoms with Gasteiger partial charge in [-0.05, 0) is 154 Å². The Morgan fingerprint density at radius 1 is 0.821 bits per heavy atom. The van der Waals surface area contributed by atoms with Crippen molar-refractivity contribution < 1.29 is 19.5 Å². The van der Waals surface area contributed by atoms with Crippen LogP contribution in [0.15, 0.2) is 6.07 Å². The van der Waals surface area contributed by atoms with Crippen molar-refractivity contribution in [3.05, 3.63) is 55.3 Å². The van der Waals surface area contributed by atoms with E-state index >= 15 is 0 Å². The lowest BCUT2D eigenvalue weighted by Crippen LogP contribution is -2.23. The maximum atomic E-state index is 13.6. The maximum Gasteiger partial charge on any atom is 0.337 e. The first-order chi connectivity index (χ1) is 12.9. The minimum atomic E-state index is -1.19. The number of hydrogen-bond acceptors (Lipinski definition) is 4. The van der Waals surface area contributed by atoms with Crippen molar-refractivity contribution in [2.45, 2.75) is 6.92 Å². The van der Waals surface area contributed by atoms with Crippen molar-refractivity contribution >= 4 is 153 Å². The van der Waals surface area contributed by atoms with E-state index in [9.17, 15) is 19.5 Å². The summed E-state index contributed by atoms with van der Waals surface area (Å²) in [7, 11) is 0. The number of ketones is 2. The quantitative estimate of drug-likeness (QED) is 0.297. The topological polar surface area (TPSA) is 97.5 Å². The molecule has 0 saturated heterocycles. The fourth-order valence-corrected chi connectivity index (χ4v) is 11.0. The largest absolute Gasteiger partial charge is 0.478 e. The average Bonchev–Trinajstić information content (AvgIpc) is 2.59. The normalized spacial score (nSPS) is 10.9. The summed E-state index contributed by atoms with van der Waals surface area (Å²) in [6.07, 6.45) is 0. The molecule has 2 aromatic carbocycles. The van der Waals surface area contributed by atoms with Gasteiger partial charge in [0.05, 0.1) is 17.7 Å². The third kappa shape index (κ3) is 4.82. The Hall–Kier alpha value is 1.59. The Kier molecular flexibility index (Phi) is 9.67. The van der Waals surface area contributed by atoms with Gasteiger partial charge in [-0.25, -0.2) is 4.79 Å². The maximum absolute atomic E-state index is 13.6. The van der Waals surface area contributed by atoms with Gasteiger partial charge in [-0.2, -0.15) is 0 Å². The first-order valence-corrected chi connectivity index (χ1v) is 13.8. The molecule has 0 spiro atoms. The number of carboxylic acids is 1. The van der Waals surface area contributed by atoms with Crippen molar-refractivity contribution in [3.8, 4) is 0 Å². The zero-order valence-electron chi connectivity index (χ0n) is 13.8. The molecule has 0 aliphatic carbocycles. The molecule has 0 saturated carbocycles. The Balaban J connectivity index is 2.96. The van der Waals surface area contributed by atoms with Gasteiger partial charge in [0.2, 0.25) is 0 Å². The van der Waals surface area contributed by atoms with E-state index < -0.39 is 11.8 Å². The zero-order valence-corrected chi connectivity index (χ0v) is 26.7. The van der Waals surface area contributed by atoms with Gasteiger partial charge in [-0.3, -0.25) is 9.59 Å². The molecule has 0 amide bonds. The molecule has 3 N–H and O–H groups in total. The fourth-order valence-electron chi connectivity index (χ4n) is 2.42. The van der Waals surface area contributed by atoms with Crippen LogP contribution >= 0.6 is 136 Å². The highest BCUT2D eigenvalue weighted by molar-refractivity contribution is 14.1. The predicted molar refractivity (Wildman–Crippen MR) is 158 cm³/mol. The number of nitrogens with two attached hydrogens (primary N) is 1. The Labute approximate surface area is 243 Å². The summed E-state index contributed by atoms with van der Waals surface area (Å²) < 4.78 is 3.68. The molecule has 2 rings (SSSR count). The highest BCUT2D eigenvalue weighted by Gasteiger charge is 2.32. The van der Waals surface area contributed by atoms with E-state index in [4.69, 9.17) is 5.73 Å². The second-order valence-corrected chi connectivity index (χ2v) is 12.1. The third-order valence-electron chi connectivity index (χ3n) is 3.85. The van der Waals surface area contributed by atoms with Crippen LogP contribution in [0.1, 0.15) is 42.2 Å². The lowest BCUT2D eigenvalue weighted by molar-refractivity contribution is 0.0694. The van der Waals surface area contributed by atoms with E-state index in [2.05, 4.69) is 67.8 Å². The molecule has 0 radical (unpaired) electrons. The summed E-state index contributed by atoms with van der Waals surface area (Å²) in [4.78, 5) is 37.9. The molecule has 2 aromatic rings. The SMILES string of the molecule is Cc1c(I)cc(I)c(C(=O)c2c(I)c(C(=O)O)c(I)c(C(=O)CN)c2I)c1I. The van der Waals surface area contributed by atoms with Crippen LogP contribution in [-0.4, -0.2) is 29.2 Å². The number of halogens is 6. The van der Waals surface area contributed by atoms with Crippen LogP contribution in [0, 0.1) is 28.3 Å². The standard InChI is InChI=1S/C17H9I6NO4/c1-4-5(18)2-6(19)8(12(4)20)16(26)10-13(21)9(7(25)3-24)14(22)11(15(10)23)17(27)28/h2H,3,24H2,1H3,(H,27,28). The molecule has 148 valence electrons. The van der Waals surface area contributed by atoms with Gasteiger partial charge >= 0.3 is 5.97 Å². The number of carboxylic acid groups (broad SMARTS) is 1. The van der Waals surface area contributed by atoms with E-state index in [1.807, 2.05) is 80.8 Å². The lowest BCUT2D eigenvalue weighted by atomic mass is 9.96. The number of benzene rings is 2. The van der Waals surface area contributed by atoms with Crippen LogP contribution in [0.2, 0.25) is 0 Å². The predicted octanol–water partition coefficient (Wildman–Crippen LogP) is 5.69. The first-order valence-electron chi connectivity index (χ1n) is 7.31. The minimum Gasteiger partial charge on any atom is -0.478 e. The number of carbonyl (C=O) groups excluding carboxylic acids is 2. The smallest absolute Gasteiger partial charge is 0.337 e. The van der Waals surface area contributed by atoms with Crippen molar-refractivity contribution in [2.24, 2.45) is 5.73 Å². The summed E-state index contributed by atoms with van der Waals surface area (Å²) >= 11 is 12.1. The second kappa shape index (κ2) is 10.5. The average molecular weight is 1050 g/mol. The third-order valence-corrected chi connectivity index (χ3v) is 10.4. The van der Waals surface area contributed by atoms with Gasteiger partial charge < -0.3 is 10.8 Å². The summed E-state index contributed by atoms with van der Waals surface area (Å²) in [6, 6.07) is 1.92. The first kappa shape index (κ1) is 25.8. The van der Waals surface area contributed by atoms with Gasteiger partial charge in [0, 0.05) is 32.5 Å². The van der Waals surface area contributed by atoms with Crippen molar-refractivity contribution in [1.82, 2.24) is 0 Å². The van der Waals surface area contributed by atoms with Crippen molar-refractivity contribution in [3.63, 3.8) is 0 Å². The van der Waals surface area contributed by atoms with Crippen molar-refractivity contribution in [2.75, 3.05) is 6.54 Å². The molecule has 0 unspecified atom stereocenters. The summed E-state index contributed by atoms with van der Waals surface area (Å²) in [5, 5.41) is 9.71. The minimum absolute atomic E-state index is 0.0472.